The van der Waals surface area contributed by atoms with Crippen molar-refractivity contribution in [2.75, 3.05) is 19.8 Å². The number of aliphatic hydroxyl groups is 8. The van der Waals surface area contributed by atoms with E-state index >= 15 is 0 Å². The lowest BCUT2D eigenvalue weighted by molar-refractivity contribution is -0.359. The molecule has 12 unspecified atom stereocenters. The maximum atomic E-state index is 13.3. The lowest BCUT2D eigenvalue weighted by Gasteiger charge is -2.46. The summed E-state index contributed by atoms with van der Waals surface area (Å²) in [6, 6.07) is -0.855. The highest BCUT2D eigenvalue weighted by Gasteiger charge is 2.51. The maximum Gasteiger partial charge on any atom is 0.220 e. The van der Waals surface area contributed by atoms with Gasteiger partial charge in [0.2, 0.25) is 5.91 Å². The highest BCUT2D eigenvalue weighted by Crippen LogP contribution is 2.30. The van der Waals surface area contributed by atoms with Crippen LogP contribution in [0.5, 0.6) is 0 Å². The van der Waals surface area contributed by atoms with Crippen LogP contribution in [0, 0.1) is 0 Å². The van der Waals surface area contributed by atoms with Gasteiger partial charge < -0.3 is 65.1 Å². The molecule has 9 N–H and O–H groups in total. The number of carbonyl (C=O) groups excluding carboxylic acids is 1. The number of nitrogens with one attached hydrogen (secondary N) is 1. The van der Waals surface area contributed by atoms with E-state index in [2.05, 4.69) is 129 Å². The van der Waals surface area contributed by atoms with E-state index in [4.69, 9.17) is 18.9 Å². The molecule has 1 amide bonds. The van der Waals surface area contributed by atoms with Crippen LogP contribution in [-0.2, 0) is 23.7 Å². The van der Waals surface area contributed by atoms with E-state index in [-0.39, 0.29) is 18.9 Å². The van der Waals surface area contributed by atoms with E-state index in [0.717, 1.165) is 103 Å². The summed E-state index contributed by atoms with van der Waals surface area (Å²) < 4.78 is 22.8. The number of hydrogen-bond acceptors (Lipinski definition) is 13. The highest BCUT2D eigenvalue weighted by atomic mass is 16.7. The molecule has 464 valence electrons. The molecule has 0 aromatic rings. The van der Waals surface area contributed by atoms with E-state index in [0.29, 0.717) is 12.8 Å². The van der Waals surface area contributed by atoms with Gasteiger partial charge in [0, 0.05) is 6.42 Å². The Hall–Kier alpha value is -3.35. The van der Waals surface area contributed by atoms with Crippen LogP contribution in [0.3, 0.4) is 0 Å². The molecule has 2 aliphatic rings. The van der Waals surface area contributed by atoms with Gasteiger partial charge in [-0.15, -0.1) is 0 Å². The summed E-state index contributed by atoms with van der Waals surface area (Å²) in [6.45, 7) is 2.72. The summed E-state index contributed by atoms with van der Waals surface area (Å²) in [4.78, 5) is 13.3. The van der Waals surface area contributed by atoms with Crippen molar-refractivity contribution in [3.05, 3.63) is 109 Å². The first-order chi connectivity index (χ1) is 39.6. The van der Waals surface area contributed by atoms with Crippen LogP contribution in [-0.4, -0.2) is 140 Å². The minimum atomic E-state index is -1.79. The summed E-state index contributed by atoms with van der Waals surface area (Å²) in [5.74, 6) is -0.243. The van der Waals surface area contributed by atoms with Gasteiger partial charge >= 0.3 is 0 Å². The number of amides is 1. The fraction of sp³-hybridized carbons (Fsp3) is 0.716. The molecule has 0 aliphatic carbocycles. The molecule has 0 aromatic heterocycles. The third-order valence-corrected chi connectivity index (χ3v) is 14.8. The van der Waals surface area contributed by atoms with Crippen molar-refractivity contribution in [2.45, 2.75) is 286 Å². The highest BCUT2D eigenvalue weighted by molar-refractivity contribution is 5.76. The quantitative estimate of drug-likeness (QED) is 0.0204. The molecule has 2 saturated heterocycles. The first-order valence-corrected chi connectivity index (χ1v) is 31.6. The van der Waals surface area contributed by atoms with Gasteiger partial charge in [-0.1, -0.05) is 232 Å². The van der Waals surface area contributed by atoms with Crippen LogP contribution < -0.4 is 5.32 Å². The lowest BCUT2D eigenvalue weighted by atomic mass is 9.97. The van der Waals surface area contributed by atoms with Crippen LogP contribution in [0.15, 0.2) is 109 Å². The Morgan fingerprint density at radius 1 is 0.457 bits per heavy atom. The molecule has 2 aliphatic heterocycles. The zero-order chi connectivity index (χ0) is 58.8. The second-order valence-corrected chi connectivity index (χ2v) is 21.8. The average molecular weight is 1140 g/mol. The first kappa shape index (κ1) is 73.8. The second-order valence-electron chi connectivity index (χ2n) is 21.8. The molecule has 12 atom stereocenters. The topological polar surface area (TPSA) is 228 Å². The van der Waals surface area contributed by atoms with E-state index < -0.39 is 86.8 Å². The first-order valence-electron chi connectivity index (χ1n) is 31.6. The van der Waals surface area contributed by atoms with Crippen molar-refractivity contribution in [3.8, 4) is 0 Å². The fourth-order valence-corrected chi connectivity index (χ4v) is 9.70. The maximum absolute atomic E-state index is 13.3. The lowest BCUT2D eigenvalue weighted by Crippen LogP contribution is -2.65. The van der Waals surface area contributed by atoms with Crippen LogP contribution in [0.25, 0.3) is 0 Å². The van der Waals surface area contributed by atoms with E-state index in [1.54, 1.807) is 0 Å². The molecule has 0 radical (unpaired) electrons. The van der Waals surface area contributed by atoms with Crippen LogP contribution >= 0.6 is 0 Å². The van der Waals surface area contributed by atoms with Crippen molar-refractivity contribution in [1.29, 1.82) is 0 Å². The largest absolute Gasteiger partial charge is 0.394 e. The summed E-state index contributed by atoms with van der Waals surface area (Å²) in [6.07, 6.45) is 55.1. The standard InChI is InChI=1S/C67H113NO13/c1-3-5-7-9-11-13-15-17-19-21-22-23-24-25-26-27-28-29-30-31-32-33-34-35-37-39-41-43-45-47-49-51-59(72)68-55(56(71)50-48-46-44-42-40-38-36-20-18-16-14-12-10-8-6-4-2)54-78-66-64(77)62(75)65(58(53-70)80-66)81-67-63(76)61(74)60(73)57(52-69)79-67/h5,7,11,13,17,19,22-23,25-26,28-29,31-32,34-35,39,41,55-58,60-67,69-71,73-77H,3-4,6,8-10,12,14-16,18,20-21,24,27,30,33,36-38,40,42-54H2,1-2H3,(H,68,72)/b7-5-,13-11-,19-17-,23-22-,26-25-,29-28-,32-31-,35-34-,41-39-. The van der Waals surface area contributed by atoms with Gasteiger partial charge in [0.25, 0.3) is 0 Å². The molecule has 2 rings (SSSR count). The van der Waals surface area contributed by atoms with Gasteiger partial charge in [0.05, 0.1) is 32.0 Å². The molecule has 0 bridgehead atoms. The van der Waals surface area contributed by atoms with Crippen molar-refractivity contribution in [3.63, 3.8) is 0 Å². The predicted molar refractivity (Wildman–Crippen MR) is 327 cm³/mol. The zero-order valence-electron chi connectivity index (χ0n) is 50.0. The Morgan fingerprint density at radius 3 is 1.30 bits per heavy atom. The van der Waals surface area contributed by atoms with Gasteiger partial charge in [-0.05, 0) is 83.5 Å². The van der Waals surface area contributed by atoms with Crippen molar-refractivity contribution >= 4 is 5.91 Å². The minimum Gasteiger partial charge on any atom is -0.394 e. The fourth-order valence-electron chi connectivity index (χ4n) is 9.70. The second kappa shape index (κ2) is 51.1. The van der Waals surface area contributed by atoms with Gasteiger partial charge in [0.15, 0.2) is 12.6 Å². The Balaban J connectivity index is 1.73. The van der Waals surface area contributed by atoms with Gasteiger partial charge in [-0.25, -0.2) is 0 Å². The number of ether oxygens (including phenoxy) is 4. The normalized spacial score (nSPS) is 24.9. The molecule has 2 heterocycles. The number of allylic oxidation sites excluding steroid dienone is 18. The molecule has 0 spiro atoms. The third-order valence-electron chi connectivity index (χ3n) is 14.8. The van der Waals surface area contributed by atoms with E-state index in [1.807, 2.05) is 0 Å². The number of hydrogen-bond donors (Lipinski definition) is 9. The molecular weight excluding hydrogens is 1030 g/mol. The summed E-state index contributed by atoms with van der Waals surface area (Å²) in [7, 11) is 0. The molecule has 14 heteroatoms. The molecule has 2 fully saturated rings. The van der Waals surface area contributed by atoms with Crippen molar-refractivity contribution in [1.82, 2.24) is 5.32 Å². The SMILES string of the molecule is CC/C=C\C/C=C\C/C=C\C/C=C\C/C=C\C/C=C\C/C=C\C/C=C\C/C=C\CCCCCC(=O)NC(COC1OC(CO)C(OC2OC(CO)C(O)C(O)C2O)C(O)C1O)C(O)CCCCCCCCCCCCCCCCCC. The third kappa shape index (κ3) is 36.2. The zero-order valence-corrected chi connectivity index (χ0v) is 50.0. The number of rotatable bonds is 49. The average Bonchev–Trinajstić information content (AvgIpc) is 3.47. The number of carbonyl (C=O) groups is 1. The summed E-state index contributed by atoms with van der Waals surface area (Å²) in [5, 5.41) is 87.3. The molecule has 0 saturated carbocycles. The van der Waals surface area contributed by atoms with Gasteiger partial charge in [-0.3, -0.25) is 4.79 Å². The Bertz CT molecular complexity index is 1770. The summed E-state index contributed by atoms with van der Waals surface area (Å²) >= 11 is 0. The van der Waals surface area contributed by atoms with E-state index in [1.165, 1.54) is 77.0 Å². The number of unbranched alkanes of at least 4 members (excludes halogenated alkanes) is 18. The Labute approximate surface area is 489 Å². The molecule has 0 aromatic carbocycles. The smallest absolute Gasteiger partial charge is 0.220 e. The van der Waals surface area contributed by atoms with Crippen LogP contribution in [0.2, 0.25) is 0 Å². The minimum absolute atomic E-state index is 0.243. The Morgan fingerprint density at radius 2 is 0.852 bits per heavy atom. The summed E-state index contributed by atoms with van der Waals surface area (Å²) in [5.41, 5.74) is 0. The predicted octanol–water partition coefficient (Wildman–Crippen LogP) is 11.6. The van der Waals surface area contributed by atoms with Crippen LogP contribution in [0.1, 0.15) is 213 Å². The Kier molecular flexibility index (Phi) is 46.5. The van der Waals surface area contributed by atoms with Crippen molar-refractivity contribution in [2.24, 2.45) is 0 Å². The van der Waals surface area contributed by atoms with Crippen LogP contribution in [0.4, 0.5) is 0 Å². The molecule has 14 nitrogen and oxygen atoms in total. The van der Waals surface area contributed by atoms with Crippen molar-refractivity contribution < 1.29 is 64.6 Å². The molecule has 81 heavy (non-hydrogen) atoms. The number of aliphatic hydroxyl groups excluding tert-OH is 8. The van der Waals surface area contributed by atoms with Gasteiger partial charge in [0.1, 0.15) is 48.8 Å². The van der Waals surface area contributed by atoms with Gasteiger partial charge in [-0.2, -0.15) is 0 Å². The van der Waals surface area contributed by atoms with E-state index in [9.17, 15) is 45.6 Å². The monoisotopic (exact) mass is 1140 g/mol. The molecular formula is C67H113NO13.